The van der Waals surface area contributed by atoms with Crippen molar-refractivity contribution in [3.05, 3.63) is 52.5 Å². The average molecular weight is 376 g/mol. The van der Waals surface area contributed by atoms with E-state index in [1.54, 1.807) is 17.0 Å². The molecule has 140 valence electrons. The van der Waals surface area contributed by atoms with Crippen LogP contribution in [0.4, 0.5) is 5.69 Å². The van der Waals surface area contributed by atoms with Gasteiger partial charge in [0.05, 0.1) is 18.2 Å². The molecule has 0 saturated heterocycles. The Morgan fingerprint density at radius 2 is 1.85 bits per heavy atom. The molecular formula is C21H26ClNO3. The van der Waals surface area contributed by atoms with Gasteiger partial charge in [-0.1, -0.05) is 36.7 Å². The van der Waals surface area contributed by atoms with Gasteiger partial charge in [-0.05, 0) is 51.0 Å². The van der Waals surface area contributed by atoms with Gasteiger partial charge in [0.2, 0.25) is 0 Å². The lowest BCUT2D eigenvalue weighted by atomic mass is 10.1. The van der Waals surface area contributed by atoms with Crippen molar-refractivity contribution in [2.24, 2.45) is 0 Å². The molecule has 0 N–H and O–H groups in total. The first-order valence-corrected chi connectivity index (χ1v) is 9.37. The second kappa shape index (κ2) is 9.48. The van der Waals surface area contributed by atoms with E-state index in [4.69, 9.17) is 21.1 Å². The number of rotatable bonds is 8. The maximum Gasteiger partial charge on any atom is 0.258 e. The van der Waals surface area contributed by atoms with E-state index >= 15 is 0 Å². The largest absolute Gasteiger partial charge is 0.490 e. The molecule has 5 heteroatoms. The van der Waals surface area contributed by atoms with E-state index in [9.17, 15) is 4.79 Å². The molecule has 0 aromatic heterocycles. The highest BCUT2D eigenvalue weighted by Crippen LogP contribution is 2.37. The van der Waals surface area contributed by atoms with Gasteiger partial charge >= 0.3 is 0 Å². The van der Waals surface area contributed by atoms with Gasteiger partial charge in [0, 0.05) is 17.8 Å². The first-order chi connectivity index (χ1) is 12.5. The second-order valence-electron chi connectivity index (χ2n) is 5.90. The fourth-order valence-corrected chi connectivity index (χ4v) is 3.01. The Hall–Kier alpha value is -2.20. The number of carbonyl (C=O) groups is 1. The average Bonchev–Trinajstić information content (AvgIpc) is 2.63. The Bertz CT molecular complexity index is 761. The minimum atomic E-state index is -0.119. The van der Waals surface area contributed by atoms with Crippen LogP contribution in [0.15, 0.2) is 36.4 Å². The Morgan fingerprint density at radius 3 is 2.46 bits per heavy atom. The van der Waals surface area contributed by atoms with Gasteiger partial charge in [0.15, 0.2) is 11.5 Å². The number of hydrogen-bond donors (Lipinski definition) is 0. The molecule has 2 rings (SSSR count). The lowest BCUT2D eigenvalue weighted by Crippen LogP contribution is -2.31. The Kier molecular flexibility index (Phi) is 7.34. The summed E-state index contributed by atoms with van der Waals surface area (Å²) in [6, 6.07) is 11.2. The van der Waals surface area contributed by atoms with E-state index in [-0.39, 0.29) is 5.91 Å². The first kappa shape index (κ1) is 20.1. The second-order valence-corrected chi connectivity index (χ2v) is 6.31. The van der Waals surface area contributed by atoms with Gasteiger partial charge in [-0.2, -0.15) is 0 Å². The summed E-state index contributed by atoms with van der Waals surface area (Å²) in [5, 5.41) is 0.383. The van der Waals surface area contributed by atoms with Gasteiger partial charge in [0.25, 0.3) is 5.91 Å². The molecular weight excluding hydrogens is 350 g/mol. The van der Waals surface area contributed by atoms with Gasteiger partial charge in [-0.3, -0.25) is 4.79 Å². The van der Waals surface area contributed by atoms with Crippen molar-refractivity contribution in [1.82, 2.24) is 0 Å². The standard InChI is InChI=1S/C21H26ClNO3/c1-5-12-26-20-17(22)13-16(14-19(20)25-7-3)21(24)23(6-2)18-11-9-8-10-15(18)4/h8-11,13-14H,5-7,12H2,1-4H3. The van der Waals surface area contributed by atoms with Crippen molar-refractivity contribution in [1.29, 1.82) is 0 Å². The number of anilines is 1. The van der Waals surface area contributed by atoms with Crippen LogP contribution in [0, 0.1) is 6.92 Å². The topological polar surface area (TPSA) is 38.8 Å². The number of aryl methyl sites for hydroxylation is 1. The van der Waals surface area contributed by atoms with E-state index < -0.39 is 0 Å². The van der Waals surface area contributed by atoms with Crippen LogP contribution in [0.5, 0.6) is 11.5 Å². The number of amides is 1. The molecule has 1 amide bonds. The third kappa shape index (κ3) is 4.50. The number of benzene rings is 2. The lowest BCUT2D eigenvalue weighted by Gasteiger charge is -2.24. The van der Waals surface area contributed by atoms with Crippen molar-refractivity contribution >= 4 is 23.2 Å². The monoisotopic (exact) mass is 375 g/mol. The summed E-state index contributed by atoms with van der Waals surface area (Å²) in [4.78, 5) is 14.9. The normalized spacial score (nSPS) is 10.5. The lowest BCUT2D eigenvalue weighted by molar-refractivity contribution is 0.0987. The molecule has 4 nitrogen and oxygen atoms in total. The van der Waals surface area contributed by atoms with Crippen molar-refractivity contribution in [2.75, 3.05) is 24.7 Å². The summed E-state index contributed by atoms with van der Waals surface area (Å²) < 4.78 is 11.4. The molecule has 0 spiro atoms. The van der Waals surface area contributed by atoms with Crippen LogP contribution in [-0.2, 0) is 0 Å². The maximum absolute atomic E-state index is 13.1. The first-order valence-electron chi connectivity index (χ1n) is 9.00. The van der Waals surface area contributed by atoms with E-state index in [1.165, 1.54) is 0 Å². The highest BCUT2D eigenvalue weighted by Gasteiger charge is 2.21. The van der Waals surface area contributed by atoms with E-state index in [0.29, 0.717) is 41.8 Å². The number of para-hydroxylation sites is 1. The van der Waals surface area contributed by atoms with Crippen LogP contribution in [0.25, 0.3) is 0 Å². The number of ether oxygens (including phenoxy) is 2. The fourth-order valence-electron chi connectivity index (χ4n) is 2.74. The number of nitrogens with zero attached hydrogens (tertiary/aromatic N) is 1. The summed E-state index contributed by atoms with van der Waals surface area (Å²) in [5.74, 6) is 0.871. The molecule has 0 aliphatic heterocycles. The molecule has 0 saturated carbocycles. The fraction of sp³-hybridized carbons (Fsp3) is 0.381. The van der Waals surface area contributed by atoms with Gasteiger partial charge in [0.1, 0.15) is 0 Å². The molecule has 0 fully saturated rings. The zero-order valence-electron chi connectivity index (χ0n) is 15.8. The SMILES string of the molecule is CCCOc1c(Cl)cc(C(=O)N(CC)c2ccccc2C)cc1OCC. The van der Waals surface area contributed by atoms with Crippen LogP contribution in [0.3, 0.4) is 0 Å². The summed E-state index contributed by atoms with van der Waals surface area (Å²) in [6.45, 7) is 9.41. The zero-order chi connectivity index (χ0) is 19.1. The number of halogens is 1. The molecule has 0 aliphatic carbocycles. The molecule has 0 heterocycles. The predicted molar refractivity (Wildman–Crippen MR) is 107 cm³/mol. The smallest absolute Gasteiger partial charge is 0.258 e. The van der Waals surface area contributed by atoms with Crippen molar-refractivity contribution in [2.45, 2.75) is 34.1 Å². The van der Waals surface area contributed by atoms with Crippen molar-refractivity contribution in [3.63, 3.8) is 0 Å². The van der Waals surface area contributed by atoms with Gasteiger partial charge in [-0.15, -0.1) is 0 Å². The van der Waals surface area contributed by atoms with Crippen LogP contribution >= 0.6 is 11.6 Å². The molecule has 0 bridgehead atoms. The molecule has 0 aliphatic rings. The number of carbonyl (C=O) groups excluding carboxylic acids is 1. The summed E-state index contributed by atoms with van der Waals surface area (Å²) in [7, 11) is 0. The van der Waals surface area contributed by atoms with Crippen LogP contribution < -0.4 is 14.4 Å². The Balaban J connectivity index is 2.42. The summed E-state index contributed by atoms with van der Waals surface area (Å²) >= 11 is 6.40. The molecule has 0 atom stereocenters. The third-order valence-corrected chi connectivity index (χ3v) is 4.26. The van der Waals surface area contributed by atoms with Crippen LogP contribution in [-0.4, -0.2) is 25.7 Å². The van der Waals surface area contributed by atoms with Crippen molar-refractivity contribution in [3.8, 4) is 11.5 Å². The Labute approximate surface area is 160 Å². The van der Waals surface area contributed by atoms with Gasteiger partial charge in [-0.25, -0.2) is 0 Å². The third-order valence-electron chi connectivity index (χ3n) is 3.97. The minimum Gasteiger partial charge on any atom is -0.490 e. The van der Waals surface area contributed by atoms with Gasteiger partial charge < -0.3 is 14.4 Å². The summed E-state index contributed by atoms with van der Waals surface area (Å²) in [6.07, 6.45) is 0.861. The molecule has 2 aromatic carbocycles. The summed E-state index contributed by atoms with van der Waals surface area (Å²) in [5.41, 5.74) is 2.41. The molecule has 0 unspecified atom stereocenters. The molecule has 2 aromatic rings. The van der Waals surface area contributed by atoms with E-state index in [0.717, 1.165) is 17.7 Å². The highest BCUT2D eigenvalue weighted by atomic mass is 35.5. The zero-order valence-corrected chi connectivity index (χ0v) is 16.6. The Morgan fingerprint density at radius 1 is 1.12 bits per heavy atom. The quantitative estimate of drug-likeness (QED) is 0.611. The minimum absolute atomic E-state index is 0.119. The maximum atomic E-state index is 13.1. The predicted octanol–water partition coefficient (Wildman–Crippen LogP) is 5.50. The van der Waals surface area contributed by atoms with Crippen LogP contribution in [0.2, 0.25) is 5.02 Å². The van der Waals surface area contributed by atoms with E-state index in [2.05, 4.69) is 0 Å². The van der Waals surface area contributed by atoms with Crippen molar-refractivity contribution < 1.29 is 14.3 Å². The van der Waals surface area contributed by atoms with E-state index in [1.807, 2.05) is 52.0 Å². The highest BCUT2D eigenvalue weighted by molar-refractivity contribution is 6.32. The number of hydrogen-bond acceptors (Lipinski definition) is 3. The molecule has 0 radical (unpaired) electrons. The molecule has 26 heavy (non-hydrogen) atoms. The van der Waals surface area contributed by atoms with Crippen LogP contribution in [0.1, 0.15) is 43.1 Å².